The summed E-state index contributed by atoms with van der Waals surface area (Å²) in [6.07, 6.45) is 5.02. The summed E-state index contributed by atoms with van der Waals surface area (Å²) in [5, 5.41) is 11.0. The molecule has 96 valence electrons. The van der Waals surface area contributed by atoms with Gasteiger partial charge in [-0.2, -0.15) is 0 Å². The predicted octanol–water partition coefficient (Wildman–Crippen LogP) is 4.46. The van der Waals surface area contributed by atoms with E-state index in [-0.39, 0.29) is 6.10 Å². The van der Waals surface area contributed by atoms with Crippen LogP contribution >= 0.6 is 11.6 Å². The minimum absolute atomic E-state index is 0.245. The molecule has 0 spiro atoms. The largest absolute Gasteiger partial charge is 0.392 e. The van der Waals surface area contributed by atoms with Gasteiger partial charge in [0, 0.05) is 5.02 Å². The number of halogens is 1. The highest BCUT2D eigenvalue weighted by Gasteiger charge is 2.17. The summed E-state index contributed by atoms with van der Waals surface area (Å²) in [7, 11) is 0. The molecule has 2 unspecified atom stereocenters. The summed E-state index contributed by atoms with van der Waals surface area (Å²) in [6.45, 7) is 4.34. The van der Waals surface area contributed by atoms with Gasteiger partial charge >= 0.3 is 0 Å². The second-order valence-electron chi connectivity index (χ2n) is 4.71. The van der Waals surface area contributed by atoms with Crippen LogP contribution in [0, 0.1) is 5.92 Å². The van der Waals surface area contributed by atoms with E-state index in [2.05, 4.69) is 13.8 Å². The molecule has 2 heteroatoms. The Labute approximate surface area is 110 Å². The van der Waals surface area contributed by atoms with Crippen LogP contribution in [0.5, 0.6) is 0 Å². The maximum atomic E-state index is 10.2. The third kappa shape index (κ3) is 5.10. The number of rotatable bonds is 7. The number of aliphatic hydroxyl groups excluding tert-OH is 1. The molecule has 1 N–H and O–H groups in total. The molecule has 0 aliphatic heterocycles. The van der Waals surface area contributed by atoms with Crippen molar-refractivity contribution in [3.8, 4) is 0 Å². The van der Waals surface area contributed by atoms with E-state index in [0.717, 1.165) is 23.4 Å². The molecular weight excluding hydrogens is 232 g/mol. The maximum absolute atomic E-state index is 10.2. The van der Waals surface area contributed by atoms with Crippen LogP contribution < -0.4 is 0 Å². The Balaban J connectivity index is 2.54. The summed E-state index contributed by atoms with van der Waals surface area (Å²) >= 11 is 5.94. The lowest BCUT2D eigenvalue weighted by atomic mass is 9.89. The lowest BCUT2D eigenvalue weighted by molar-refractivity contribution is 0.0987. The van der Waals surface area contributed by atoms with Gasteiger partial charge in [-0.1, -0.05) is 56.8 Å². The first-order valence-electron chi connectivity index (χ1n) is 6.59. The standard InChI is InChI=1S/C15H23ClO/c1-3-5-8-13(4-2)15(17)11-12-7-6-9-14(16)10-12/h6-7,9-10,13,15,17H,3-5,8,11H2,1-2H3. The molecule has 0 saturated carbocycles. The van der Waals surface area contributed by atoms with Crippen molar-refractivity contribution in [2.45, 2.75) is 52.1 Å². The van der Waals surface area contributed by atoms with Crippen LogP contribution in [-0.4, -0.2) is 11.2 Å². The number of hydrogen-bond donors (Lipinski definition) is 1. The molecule has 0 radical (unpaired) electrons. The second kappa shape index (κ2) is 7.73. The molecule has 0 aliphatic rings. The van der Waals surface area contributed by atoms with Gasteiger partial charge in [0.2, 0.25) is 0 Å². The molecule has 0 aliphatic carbocycles. The molecule has 1 aromatic rings. The van der Waals surface area contributed by atoms with Crippen LogP contribution in [0.3, 0.4) is 0 Å². The zero-order valence-electron chi connectivity index (χ0n) is 10.8. The predicted molar refractivity (Wildman–Crippen MR) is 74.5 cm³/mol. The van der Waals surface area contributed by atoms with Crippen molar-refractivity contribution < 1.29 is 5.11 Å². The van der Waals surface area contributed by atoms with Gasteiger partial charge in [-0.25, -0.2) is 0 Å². The van der Waals surface area contributed by atoms with E-state index in [1.165, 1.54) is 12.8 Å². The Kier molecular flexibility index (Phi) is 6.61. The number of unbranched alkanes of at least 4 members (excludes halogenated alkanes) is 1. The van der Waals surface area contributed by atoms with Gasteiger partial charge in [-0.05, 0) is 36.5 Å². The SMILES string of the molecule is CCCCC(CC)C(O)Cc1cccc(Cl)c1. The van der Waals surface area contributed by atoms with Gasteiger partial charge in [0.05, 0.1) is 6.10 Å². The van der Waals surface area contributed by atoms with E-state index in [1.54, 1.807) is 0 Å². The van der Waals surface area contributed by atoms with Crippen LogP contribution in [0.15, 0.2) is 24.3 Å². The van der Waals surface area contributed by atoms with Gasteiger partial charge in [-0.3, -0.25) is 0 Å². The highest BCUT2D eigenvalue weighted by molar-refractivity contribution is 6.30. The number of benzene rings is 1. The normalized spacial score (nSPS) is 14.6. The molecule has 0 amide bonds. The average Bonchev–Trinajstić information content (AvgIpc) is 2.30. The lowest BCUT2D eigenvalue weighted by Crippen LogP contribution is -2.22. The minimum atomic E-state index is -0.245. The van der Waals surface area contributed by atoms with Crippen molar-refractivity contribution >= 4 is 11.6 Å². The molecule has 0 heterocycles. The molecule has 2 atom stereocenters. The Morgan fingerprint density at radius 2 is 2.06 bits per heavy atom. The third-order valence-electron chi connectivity index (χ3n) is 3.33. The van der Waals surface area contributed by atoms with Crippen molar-refractivity contribution in [1.29, 1.82) is 0 Å². The first-order valence-corrected chi connectivity index (χ1v) is 6.97. The fraction of sp³-hybridized carbons (Fsp3) is 0.600. The summed E-state index contributed by atoms with van der Waals surface area (Å²) in [5.41, 5.74) is 1.12. The van der Waals surface area contributed by atoms with E-state index in [0.29, 0.717) is 12.3 Å². The molecule has 1 aromatic carbocycles. The maximum Gasteiger partial charge on any atom is 0.0608 e. The number of aliphatic hydroxyl groups is 1. The monoisotopic (exact) mass is 254 g/mol. The summed E-state index contributed by atoms with van der Waals surface area (Å²) < 4.78 is 0. The molecule has 0 fully saturated rings. The van der Waals surface area contributed by atoms with E-state index in [1.807, 2.05) is 24.3 Å². The molecule has 17 heavy (non-hydrogen) atoms. The van der Waals surface area contributed by atoms with Crippen molar-refractivity contribution in [2.75, 3.05) is 0 Å². The van der Waals surface area contributed by atoms with Crippen molar-refractivity contribution in [3.05, 3.63) is 34.9 Å². The second-order valence-corrected chi connectivity index (χ2v) is 5.15. The van der Waals surface area contributed by atoms with E-state index in [9.17, 15) is 5.11 Å². The third-order valence-corrected chi connectivity index (χ3v) is 3.57. The molecule has 1 rings (SSSR count). The van der Waals surface area contributed by atoms with Gasteiger partial charge in [-0.15, -0.1) is 0 Å². The first kappa shape index (κ1) is 14.5. The summed E-state index contributed by atoms with van der Waals surface area (Å²) in [6, 6.07) is 7.78. The smallest absolute Gasteiger partial charge is 0.0608 e. The summed E-state index contributed by atoms with van der Waals surface area (Å²) in [4.78, 5) is 0. The highest BCUT2D eigenvalue weighted by Crippen LogP contribution is 2.21. The van der Waals surface area contributed by atoms with Gasteiger partial charge in [0.1, 0.15) is 0 Å². The Morgan fingerprint density at radius 1 is 1.29 bits per heavy atom. The fourth-order valence-electron chi connectivity index (χ4n) is 2.21. The zero-order chi connectivity index (χ0) is 12.7. The van der Waals surface area contributed by atoms with E-state index in [4.69, 9.17) is 11.6 Å². The van der Waals surface area contributed by atoms with E-state index < -0.39 is 0 Å². The van der Waals surface area contributed by atoms with Crippen LogP contribution in [-0.2, 0) is 6.42 Å². The molecule has 0 bridgehead atoms. The molecule has 0 aromatic heterocycles. The van der Waals surface area contributed by atoms with Gasteiger partial charge in [0.15, 0.2) is 0 Å². The molecule has 0 saturated heterocycles. The average molecular weight is 255 g/mol. The van der Waals surface area contributed by atoms with E-state index >= 15 is 0 Å². The van der Waals surface area contributed by atoms with Crippen LogP contribution in [0.25, 0.3) is 0 Å². The fourth-order valence-corrected chi connectivity index (χ4v) is 2.42. The minimum Gasteiger partial charge on any atom is -0.392 e. The summed E-state index contributed by atoms with van der Waals surface area (Å²) in [5.74, 6) is 0.411. The Hall–Kier alpha value is -0.530. The van der Waals surface area contributed by atoms with Crippen LogP contribution in [0.4, 0.5) is 0 Å². The lowest BCUT2D eigenvalue weighted by Gasteiger charge is -2.21. The van der Waals surface area contributed by atoms with Crippen molar-refractivity contribution in [2.24, 2.45) is 5.92 Å². The van der Waals surface area contributed by atoms with Crippen molar-refractivity contribution in [1.82, 2.24) is 0 Å². The van der Waals surface area contributed by atoms with Crippen molar-refractivity contribution in [3.63, 3.8) is 0 Å². The van der Waals surface area contributed by atoms with Gasteiger partial charge < -0.3 is 5.11 Å². The highest BCUT2D eigenvalue weighted by atomic mass is 35.5. The zero-order valence-corrected chi connectivity index (χ0v) is 11.6. The van der Waals surface area contributed by atoms with Crippen LogP contribution in [0.1, 0.15) is 45.1 Å². The quantitative estimate of drug-likeness (QED) is 0.762. The Morgan fingerprint density at radius 3 is 2.65 bits per heavy atom. The number of hydrogen-bond acceptors (Lipinski definition) is 1. The topological polar surface area (TPSA) is 20.2 Å². The van der Waals surface area contributed by atoms with Gasteiger partial charge in [0.25, 0.3) is 0 Å². The molecule has 1 nitrogen and oxygen atoms in total. The molecular formula is C15H23ClO. The first-order chi connectivity index (χ1) is 8.17. The van der Waals surface area contributed by atoms with Crippen LogP contribution in [0.2, 0.25) is 5.02 Å². The Bertz CT molecular complexity index is 324.